The van der Waals surface area contributed by atoms with Crippen molar-refractivity contribution in [3.05, 3.63) is 77.0 Å². The van der Waals surface area contributed by atoms with Gasteiger partial charge in [0.2, 0.25) is 0 Å². The third kappa shape index (κ3) is 4.91. The topological polar surface area (TPSA) is 65.1 Å². The summed E-state index contributed by atoms with van der Waals surface area (Å²) in [5.74, 6) is 0. The third-order valence-corrected chi connectivity index (χ3v) is 4.39. The van der Waals surface area contributed by atoms with Gasteiger partial charge in [0.1, 0.15) is 6.29 Å². The number of benzene rings is 2. The van der Waals surface area contributed by atoms with Crippen LogP contribution >= 0.6 is 0 Å². The fraction of sp³-hybridized carbons (Fsp3) is 0.227. The number of aromatic amines is 1. The number of H-pyrrole nitrogens is 1. The molecule has 0 bridgehead atoms. The predicted molar refractivity (Wildman–Crippen MR) is 106 cm³/mol. The number of rotatable bonds is 9. The number of fused-ring (bicyclic) bond motifs is 1. The van der Waals surface area contributed by atoms with Crippen molar-refractivity contribution >= 4 is 23.3 Å². The van der Waals surface area contributed by atoms with Gasteiger partial charge >= 0.3 is 0 Å². The monoisotopic (exact) mass is 348 g/mol. The average molecular weight is 348 g/mol. The van der Waals surface area contributed by atoms with E-state index in [0.717, 1.165) is 42.6 Å². The number of aromatic nitrogens is 1. The van der Waals surface area contributed by atoms with Crippen molar-refractivity contribution in [2.75, 3.05) is 13.2 Å². The smallest absolute Gasteiger partial charge is 0.142 e. The molecule has 3 rings (SSSR count). The summed E-state index contributed by atoms with van der Waals surface area (Å²) in [6, 6.07) is 16.8. The van der Waals surface area contributed by atoms with Crippen LogP contribution in [-0.4, -0.2) is 29.5 Å². The SMILES string of the molecule is O=C/C=C/c1ccc(CNCCc2ccc3cc(CCO)[nH]c3c2)cc1. The minimum atomic E-state index is 0.165. The van der Waals surface area contributed by atoms with Gasteiger partial charge in [0.05, 0.1) is 0 Å². The first kappa shape index (κ1) is 18.1. The van der Waals surface area contributed by atoms with Crippen molar-refractivity contribution in [3.8, 4) is 0 Å². The number of hydrogen-bond donors (Lipinski definition) is 3. The van der Waals surface area contributed by atoms with E-state index in [9.17, 15) is 4.79 Å². The van der Waals surface area contributed by atoms with E-state index in [4.69, 9.17) is 5.11 Å². The van der Waals surface area contributed by atoms with E-state index in [1.165, 1.54) is 22.6 Å². The average Bonchev–Trinajstić information content (AvgIpc) is 3.06. The highest BCUT2D eigenvalue weighted by molar-refractivity contribution is 5.81. The predicted octanol–water partition coefficient (Wildman–Crippen LogP) is 3.25. The molecular weight excluding hydrogens is 324 g/mol. The molecule has 0 saturated carbocycles. The van der Waals surface area contributed by atoms with Crippen LogP contribution < -0.4 is 5.32 Å². The number of hydrogen-bond acceptors (Lipinski definition) is 3. The molecule has 134 valence electrons. The number of carbonyl (C=O) groups excluding carboxylic acids is 1. The third-order valence-electron chi connectivity index (χ3n) is 4.39. The van der Waals surface area contributed by atoms with E-state index in [-0.39, 0.29) is 6.61 Å². The quantitative estimate of drug-likeness (QED) is 0.316. The summed E-state index contributed by atoms with van der Waals surface area (Å²) in [4.78, 5) is 13.7. The molecule has 0 unspecified atom stereocenters. The maximum absolute atomic E-state index is 10.3. The molecule has 3 N–H and O–H groups in total. The molecule has 0 atom stereocenters. The second-order valence-corrected chi connectivity index (χ2v) is 6.35. The lowest BCUT2D eigenvalue weighted by atomic mass is 10.1. The Bertz CT molecular complexity index is 879. The van der Waals surface area contributed by atoms with Crippen LogP contribution in [-0.2, 0) is 24.2 Å². The molecule has 0 aliphatic carbocycles. The molecular formula is C22H24N2O2. The zero-order valence-corrected chi connectivity index (χ0v) is 14.7. The van der Waals surface area contributed by atoms with Gasteiger partial charge in [-0.05, 0) is 53.3 Å². The first-order valence-corrected chi connectivity index (χ1v) is 8.91. The van der Waals surface area contributed by atoms with E-state index in [2.05, 4.69) is 46.7 Å². The molecule has 0 aliphatic rings. The molecule has 0 aliphatic heterocycles. The Kier molecular flexibility index (Phi) is 6.36. The van der Waals surface area contributed by atoms with Gasteiger partial charge in [-0.2, -0.15) is 0 Å². The molecule has 2 aromatic carbocycles. The van der Waals surface area contributed by atoms with Crippen molar-refractivity contribution < 1.29 is 9.90 Å². The van der Waals surface area contributed by atoms with Gasteiger partial charge in [-0.1, -0.05) is 42.5 Å². The molecule has 3 aromatic rings. The van der Waals surface area contributed by atoms with Crippen LogP contribution in [0.2, 0.25) is 0 Å². The Balaban J connectivity index is 1.49. The fourth-order valence-corrected chi connectivity index (χ4v) is 3.01. The Morgan fingerprint density at radius 2 is 1.81 bits per heavy atom. The maximum Gasteiger partial charge on any atom is 0.142 e. The zero-order valence-electron chi connectivity index (χ0n) is 14.7. The number of aliphatic hydroxyl groups excluding tert-OH is 1. The first-order chi connectivity index (χ1) is 12.8. The minimum absolute atomic E-state index is 0.165. The van der Waals surface area contributed by atoms with E-state index < -0.39 is 0 Å². The normalized spacial score (nSPS) is 11.4. The van der Waals surface area contributed by atoms with Crippen LogP contribution in [0.5, 0.6) is 0 Å². The number of aliphatic hydroxyl groups is 1. The molecule has 1 heterocycles. The highest BCUT2D eigenvalue weighted by Gasteiger charge is 2.02. The Hall–Kier alpha value is -2.69. The van der Waals surface area contributed by atoms with E-state index >= 15 is 0 Å². The van der Waals surface area contributed by atoms with Gasteiger partial charge in [0.25, 0.3) is 0 Å². The summed E-state index contributed by atoms with van der Waals surface area (Å²) in [6.45, 7) is 1.89. The van der Waals surface area contributed by atoms with Crippen LogP contribution in [0.3, 0.4) is 0 Å². The molecule has 0 amide bonds. The van der Waals surface area contributed by atoms with Crippen molar-refractivity contribution in [1.82, 2.24) is 10.3 Å². The highest BCUT2D eigenvalue weighted by atomic mass is 16.3. The van der Waals surface area contributed by atoms with Gasteiger partial charge in [0, 0.05) is 30.8 Å². The zero-order chi connectivity index (χ0) is 18.2. The Labute approximate surface area is 153 Å². The molecule has 4 nitrogen and oxygen atoms in total. The number of nitrogens with one attached hydrogen (secondary N) is 2. The summed E-state index contributed by atoms with van der Waals surface area (Å²) in [6.07, 6.45) is 5.71. The molecule has 0 spiro atoms. The molecule has 4 heteroatoms. The molecule has 1 aromatic heterocycles. The minimum Gasteiger partial charge on any atom is -0.396 e. The van der Waals surface area contributed by atoms with Crippen LogP contribution in [0.25, 0.3) is 17.0 Å². The summed E-state index contributed by atoms with van der Waals surface area (Å²) >= 11 is 0. The Morgan fingerprint density at radius 1 is 1.00 bits per heavy atom. The lowest BCUT2D eigenvalue weighted by Crippen LogP contribution is -2.16. The van der Waals surface area contributed by atoms with Crippen molar-refractivity contribution in [1.29, 1.82) is 0 Å². The lowest BCUT2D eigenvalue weighted by Gasteiger charge is -2.06. The number of allylic oxidation sites excluding steroid dienone is 1. The summed E-state index contributed by atoms with van der Waals surface area (Å²) in [7, 11) is 0. The van der Waals surface area contributed by atoms with Gasteiger partial charge in [-0.3, -0.25) is 4.79 Å². The second kappa shape index (κ2) is 9.13. The second-order valence-electron chi connectivity index (χ2n) is 6.35. The van der Waals surface area contributed by atoms with Gasteiger partial charge in [-0.15, -0.1) is 0 Å². The van der Waals surface area contributed by atoms with E-state index in [0.29, 0.717) is 6.42 Å². The number of carbonyl (C=O) groups is 1. The van der Waals surface area contributed by atoms with Crippen molar-refractivity contribution in [3.63, 3.8) is 0 Å². The first-order valence-electron chi connectivity index (χ1n) is 8.91. The Morgan fingerprint density at radius 3 is 2.58 bits per heavy atom. The van der Waals surface area contributed by atoms with Crippen LogP contribution in [0.1, 0.15) is 22.4 Å². The van der Waals surface area contributed by atoms with Crippen LogP contribution in [0.4, 0.5) is 0 Å². The summed E-state index contributed by atoms with van der Waals surface area (Å²) < 4.78 is 0. The van der Waals surface area contributed by atoms with E-state index in [1.807, 2.05) is 12.1 Å². The molecule has 0 saturated heterocycles. The van der Waals surface area contributed by atoms with Crippen LogP contribution in [0, 0.1) is 0 Å². The van der Waals surface area contributed by atoms with Gasteiger partial charge in [-0.25, -0.2) is 0 Å². The highest BCUT2D eigenvalue weighted by Crippen LogP contribution is 2.18. The van der Waals surface area contributed by atoms with Crippen molar-refractivity contribution in [2.45, 2.75) is 19.4 Å². The summed E-state index contributed by atoms with van der Waals surface area (Å²) in [5.41, 5.74) is 5.74. The maximum atomic E-state index is 10.3. The summed E-state index contributed by atoms with van der Waals surface area (Å²) in [5, 5.41) is 13.7. The van der Waals surface area contributed by atoms with E-state index in [1.54, 1.807) is 6.08 Å². The van der Waals surface area contributed by atoms with Gasteiger partial charge < -0.3 is 15.4 Å². The molecule has 26 heavy (non-hydrogen) atoms. The van der Waals surface area contributed by atoms with Crippen LogP contribution in [0.15, 0.2) is 54.6 Å². The standard InChI is InChI=1S/C22H24N2O2/c25-12-1-2-17-3-5-19(6-4-17)16-23-11-9-18-7-8-20-15-21(10-13-26)24-22(20)14-18/h1-8,12,14-15,23-24,26H,9-11,13,16H2/b2-1+. The largest absolute Gasteiger partial charge is 0.396 e. The lowest BCUT2D eigenvalue weighted by molar-refractivity contribution is -0.104. The fourth-order valence-electron chi connectivity index (χ4n) is 3.01. The molecule has 0 fully saturated rings. The van der Waals surface area contributed by atoms with Gasteiger partial charge in [0.15, 0.2) is 0 Å². The molecule has 0 radical (unpaired) electrons. The number of aldehydes is 1. The van der Waals surface area contributed by atoms with Crippen molar-refractivity contribution in [2.24, 2.45) is 0 Å².